The number of hydrogen-bond donors (Lipinski definition) is 4. The third kappa shape index (κ3) is 12.6. The van der Waals surface area contributed by atoms with E-state index in [0.717, 1.165) is 27.8 Å². The Bertz CT molecular complexity index is 2450. The van der Waals surface area contributed by atoms with Crippen LogP contribution >= 0.6 is 23.5 Å². The summed E-state index contributed by atoms with van der Waals surface area (Å²) in [5.74, 6) is -1.51. The Morgan fingerprint density at radius 1 is 0.791 bits per heavy atom. The van der Waals surface area contributed by atoms with Crippen molar-refractivity contribution in [3.8, 4) is 0 Å². The number of nitrogens with one attached hydrogen (secondary N) is 3. The van der Waals surface area contributed by atoms with Crippen LogP contribution in [0.25, 0.3) is 0 Å². The van der Waals surface area contributed by atoms with Crippen molar-refractivity contribution < 1.29 is 28.2 Å². The number of aliphatic hydroxyl groups excluding tert-OH is 1. The van der Waals surface area contributed by atoms with Gasteiger partial charge in [0.2, 0.25) is 0 Å². The first kappa shape index (κ1) is 49.4. The Labute approximate surface area is 402 Å². The number of rotatable bonds is 19. The summed E-state index contributed by atoms with van der Waals surface area (Å²) in [4.78, 5) is 28.9. The molecule has 0 spiro atoms. The third-order valence-corrected chi connectivity index (χ3v) is 15.0. The molecule has 1 aliphatic heterocycles. The van der Waals surface area contributed by atoms with E-state index in [2.05, 4.69) is 88.7 Å². The molecule has 0 radical (unpaired) electrons. The Hall–Kier alpha value is -5.46. The van der Waals surface area contributed by atoms with E-state index in [-0.39, 0.29) is 34.6 Å². The minimum atomic E-state index is -0.949. The number of anilines is 1. The second kappa shape index (κ2) is 22.6. The van der Waals surface area contributed by atoms with Crippen LogP contribution < -0.4 is 16.0 Å². The van der Waals surface area contributed by atoms with Crippen molar-refractivity contribution in [2.45, 2.75) is 98.5 Å². The van der Waals surface area contributed by atoms with Crippen molar-refractivity contribution in [1.82, 2.24) is 10.6 Å². The van der Waals surface area contributed by atoms with Gasteiger partial charge in [-0.25, -0.2) is 13.6 Å². The van der Waals surface area contributed by atoms with E-state index in [1.807, 2.05) is 69.1 Å². The van der Waals surface area contributed by atoms with Crippen LogP contribution in [0.2, 0.25) is 0 Å². The first-order valence-corrected chi connectivity index (χ1v) is 25.1. The van der Waals surface area contributed by atoms with Gasteiger partial charge in [-0.3, -0.25) is 4.79 Å². The molecule has 4 N–H and O–H groups in total. The number of aryl methyl sites for hydroxylation is 2. The van der Waals surface area contributed by atoms with Crippen LogP contribution in [0.15, 0.2) is 158 Å². The van der Waals surface area contributed by atoms with E-state index >= 15 is 0 Å². The van der Waals surface area contributed by atoms with Gasteiger partial charge >= 0.3 is 5.97 Å². The number of hydrogen-bond acceptors (Lipinski definition) is 8. The molecule has 1 fully saturated rings. The minimum Gasteiger partial charge on any atom is -0.458 e. The zero-order valence-corrected chi connectivity index (χ0v) is 40.4. The van der Waals surface area contributed by atoms with E-state index < -0.39 is 40.4 Å². The lowest BCUT2D eigenvalue weighted by molar-refractivity contribution is -0.156. The average Bonchev–Trinajstić information content (AvgIpc) is 3.79. The fourth-order valence-corrected chi connectivity index (χ4v) is 11.5. The van der Waals surface area contributed by atoms with Crippen molar-refractivity contribution in [2.24, 2.45) is 0 Å². The number of amides is 1. The molecule has 5 unspecified atom stereocenters. The van der Waals surface area contributed by atoms with E-state index in [1.54, 1.807) is 43.3 Å². The molecule has 1 amide bonds. The average molecular weight is 942 g/mol. The van der Waals surface area contributed by atoms with E-state index in [4.69, 9.17) is 4.74 Å². The first-order chi connectivity index (χ1) is 32.2. The number of aliphatic hydroxyl groups is 1. The maximum absolute atomic E-state index is 15.0. The van der Waals surface area contributed by atoms with Gasteiger partial charge in [-0.05, 0) is 118 Å². The van der Waals surface area contributed by atoms with Gasteiger partial charge in [0.1, 0.15) is 23.3 Å². The highest BCUT2D eigenvalue weighted by atomic mass is 32.2. The smallest absolute Gasteiger partial charge is 0.330 e. The van der Waals surface area contributed by atoms with Crippen LogP contribution in [0.3, 0.4) is 0 Å². The number of thioether (sulfide) groups is 2. The zero-order chi connectivity index (χ0) is 47.6. The van der Waals surface area contributed by atoms with Gasteiger partial charge in [0.15, 0.2) is 0 Å². The Balaban J connectivity index is 1.20. The second-order valence-corrected chi connectivity index (χ2v) is 20.8. The molecule has 1 aliphatic rings. The number of ether oxygens (including phenoxy) is 1. The fourth-order valence-electron chi connectivity index (χ4n) is 8.88. The third-order valence-electron chi connectivity index (χ3n) is 12.2. The molecule has 1 heterocycles. The molecular formula is C56H61F2N3O4S2. The Kier molecular flexibility index (Phi) is 16.6. The molecule has 11 heteroatoms. The normalized spacial score (nSPS) is 17.0. The lowest BCUT2D eigenvalue weighted by Gasteiger charge is -2.37. The van der Waals surface area contributed by atoms with Crippen molar-refractivity contribution in [1.29, 1.82) is 0 Å². The van der Waals surface area contributed by atoms with Crippen molar-refractivity contribution >= 4 is 41.1 Å². The predicted octanol–water partition coefficient (Wildman–Crippen LogP) is 11.3. The highest BCUT2D eigenvalue weighted by Gasteiger charge is 2.44. The van der Waals surface area contributed by atoms with Crippen LogP contribution in [-0.2, 0) is 27.1 Å². The van der Waals surface area contributed by atoms with Crippen LogP contribution in [0.5, 0.6) is 0 Å². The largest absolute Gasteiger partial charge is 0.458 e. The monoisotopic (exact) mass is 941 g/mol. The van der Waals surface area contributed by atoms with Gasteiger partial charge < -0.3 is 25.8 Å². The van der Waals surface area contributed by atoms with Crippen molar-refractivity contribution in [2.75, 3.05) is 18.1 Å². The maximum Gasteiger partial charge on any atom is 0.330 e. The number of benzene rings is 6. The number of carbonyl (C=O) groups is 2. The molecule has 0 aromatic heterocycles. The molecule has 350 valence electrons. The number of halogens is 2. The quantitative estimate of drug-likeness (QED) is 0.0471. The van der Waals surface area contributed by atoms with E-state index in [9.17, 15) is 23.5 Å². The lowest BCUT2D eigenvalue weighted by Crippen LogP contribution is -2.48. The molecule has 1 saturated heterocycles. The molecule has 0 aliphatic carbocycles. The summed E-state index contributed by atoms with van der Waals surface area (Å²) >= 11 is 3.33. The van der Waals surface area contributed by atoms with Gasteiger partial charge in [-0.1, -0.05) is 127 Å². The molecule has 67 heavy (non-hydrogen) atoms. The summed E-state index contributed by atoms with van der Waals surface area (Å²) in [6, 6.07) is 48.1. The molecule has 6 atom stereocenters. The van der Waals surface area contributed by atoms with Gasteiger partial charge in [0.05, 0.1) is 16.9 Å². The zero-order valence-electron chi connectivity index (χ0n) is 38.8. The van der Waals surface area contributed by atoms with Gasteiger partial charge in [-0.2, -0.15) is 11.8 Å². The van der Waals surface area contributed by atoms with Crippen LogP contribution in [0, 0.1) is 11.6 Å². The van der Waals surface area contributed by atoms with E-state index in [0.29, 0.717) is 42.6 Å². The number of carbonyl (C=O) groups excluding carboxylic acids is 2. The Morgan fingerprint density at radius 3 is 1.93 bits per heavy atom. The molecule has 6 aromatic carbocycles. The summed E-state index contributed by atoms with van der Waals surface area (Å²) in [6.07, 6.45) is 2.84. The van der Waals surface area contributed by atoms with Crippen molar-refractivity contribution in [3.63, 3.8) is 0 Å². The summed E-state index contributed by atoms with van der Waals surface area (Å²) in [5.41, 5.74) is 5.74. The predicted molar refractivity (Wildman–Crippen MR) is 271 cm³/mol. The SMILES string of the molecule is CSC(C[C@H](NC(=O)c1cc(NC(C(=O)OC(C)(C)C)C2CC(SC(c3ccccc3)(c3ccccc3)c3ccccc3)CN2)ccc1CCc1ccc(F)cc1)C(C)O)c1ccccc1F. The second-order valence-electron chi connectivity index (χ2n) is 18.2. The number of esters is 1. The summed E-state index contributed by atoms with van der Waals surface area (Å²) < 4.78 is 34.3. The minimum absolute atomic E-state index is 0.0689. The van der Waals surface area contributed by atoms with Crippen LogP contribution in [0.4, 0.5) is 14.5 Å². The molecule has 0 bridgehead atoms. The standard InChI is InChI=1S/C56H61F2N3O4S2/c1-37(62)49(35-51(66-5)46-23-15-16-24-48(46)58)61-53(63)47-33-44(32-29-39(47)28-25-38-26-30-43(57)31-27-38)60-52(54(64)65-55(2,3)4)50-34-45(36-59-50)67-56(40-17-9-6-10-18-40,41-19-11-7-12-20-41)42-21-13-8-14-22-42/h6-24,26-27,29-33,37,45,49-52,59-60,62H,25,28,34-36H2,1-5H3,(H,61,63)/t37?,45?,49-,50?,51?,52?/m0/s1. The topological polar surface area (TPSA) is 99.7 Å². The summed E-state index contributed by atoms with van der Waals surface area (Å²) in [5, 5.41) is 21.0. The van der Waals surface area contributed by atoms with Crippen LogP contribution in [0.1, 0.15) is 89.5 Å². The highest BCUT2D eigenvalue weighted by molar-refractivity contribution is 8.01. The summed E-state index contributed by atoms with van der Waals surface area (Å²) in [7, 11) is 0. The molecule has 0 saturated carbocycles. The fraction of sp³-hybridized carbons (Fsp3) is 0.321. The maximum atomic E-state index is 15.0. The van der Waals surface area contributed by atoms with Gasteiger partial charge in [0, 0.05) is 39.9 Å². The van der Waals surface area contributed by atoms with Gasteiger partial charge in [-0.15, -0.1) is 11.8 Å². The molecule has 6 aromatic rings. The molecule has 7 rings (SSSR count). The lowest BCUT2D eigenvalue weighted by atomic mass is 9.84. The van der Waals surface area contributed by atoms with Crippen molar-refractivity contribution in [3.05, 3.63) is 208 Å². The van der Waals surface area contributed by atoms with E-state index in [1.165, 1.54) is 30.0 Å². The van der Waals surface area contributed by atoms with Gasteiger partial charge in [0.25, 0.3) is 5.91 Å². The molecule has 7 nitrogen and oxygen atoms in total. The first-order valence-electron chi connectivity index (χ1n) is 22.9. The highest BCUT2D eigenvalue weighted by Crippen LogP contribution is 2.51. The Morgan fingerprint density at radius 2 is 1.37 bits per heavy atom. The molecular weight excluding hydrogens is 881 g/mol. The summed E-state index contributed by atoms with van der Waals surface area (Å²) in [6.45, 7) is 7.79. The van der Waals surface area contributed by atoms with Crippen LogP contribution in [-0.4, -0.2) is 64.9 Å².